The fraction of sp³-hybridized carbons (Fsp3) is 0. The third-order valence-corrected chi connectivity index (χ3v) is 0.882. The van der Waals surface area contributed by atoms with Gasteiger partial charge in [-0.2, -0.15) is 5.26 Å². The number of furan rings is 1. The van der Waals surface area contributed by atoms with E-state index in [0.29, 0.717) is 0 Å². The van der Waals surface area contributed by atoms with Gasteiger partial charge in [0.2, 0.25) is 5.76 Å². The molecule has 0 aliphatic rings. The average molecular weight is 138 g/mol. The topological polar surface area (TPSA) is 80.1 Å². The van der Waals surface area contributed by atoms with Gasteiger partial charge in [-0.3, -0.25) is 10.1 Å². The normalized spacial score (nSPS) is 8.70. The zero-order chi connectivity index (χ0) is 7.56. The molecule has 0 saturated carbocycles. The maximum absolute atomic E-state index is 9.93. The lowest BCUT2D eigenvalue weighted by Gasteiger charge is -1.78. The molecule has 5 heteroatoms. The van der Waals surface area contributed by atoms with Crippen molar-refractivity contribution in [2.75, 3.05) is 0 Å². The molecule has 1 aromatic heterocycles. The van der Waals surface area contributed by atoms with Gasteiger partial charge in [-0.15, -0.1) is 0 Å². The Labute approximate surface area is 55.6 Å². The van der Waals surface area contributed by atoms with Crippen LogP contribution in [0.4, 0.5) is 5.88 Å². The summed E-state index contributed by atoms with van der Waals surface area (Å²) < 4.78 is 4.43. The van der Waals surface area contributed by atoms with Gasteiger partial charge in [0.15, 0.2) is 0 Å². The van der Waals surface area contributed by atoms with Crippen LogP contribution < -0.4 is 0 Å². The lowest BCUT2D eigenvalue weighted by Crippen LogP contribution is -1.82. The molecule has 0 atom stereocenters. The average Bonchev–Trinajstić information content (AvgIpc) is 2.34. The van der Waals surface area contributed by atoms with Crippen molar-refractivity contribution in [3.8, 4) is 6.07 Å². The molecule has 0 aliphatic heterocycles. The van der Waals surface area contributed by atoms with E-state index < -0.39 is 10.8 Å². The highest BCUT2D eigenvalue weighted by Crippen LogP contribution is 2.13. The van der Waals surface area contributed by atoms with E-state index in [-0.39, 0.29) is 5.76 Å². The van der Waals surface area contributed by atoms with Gasteiger partial charge in [0, 0.05) is 6.07 Å². The molecule has 0 aliphatic carbocycles. The molecule has 0 radical (unpaired) electrons. The highest BCUT2D eigenvalue weighted by Gasteiger charge is 2.10. The number of nitro groups is 1. The van der Waals surface area contributed by atoms with Gasteiger partial charge in [0.05, 0.1) is 6.07 Å². The second-order valence-electron chi connectivity index (χ2n) is 1.51. The van der Waals surface area contributed by atoms with E-state index in [9.17, 15) is 10.1 Å². The van der Waals surface area contributed by atoms with Gasteiger partial charge >= 0.3 is 5.88 Å². The zero-order valence-corrected chi connectivity index (χ0v) is 4.77. The molecule has 1 rings (SSSR count). The van der Waals surface area contributed by atoms with Crippen LogP contribution in [0.3, 0.4) is 0 Å². The third-order valence-electron chi connectivity index (χ3n) is 0.882. The van der Waals surface area contributed by atoms with Crippen LogP contribution in [-0.2, 0) is 0 Å². The molecule has 0 aromatic carbocycles. The van der Waals surface area contributed by atoms with Crippen molar-refractivity contribution < 1.29 is 9.34 Å². The van der Waals surface area contributed by atoms with E-state index in [1.54, 1.807) is 6.07 Å². The maximum Gasteiger partial charge on any atom is 0.434 e. The van der Waals surface area contributed by atoms with Gasteiger partial charge < -0.3 is 4.42 Å². The smallest absolute Gasteiger partial charge is 0.390 e. The summed E-state index contributed by atoms with van der Waals surface area (Å²) >= 11 is 0. The van der Waals surface area contributed by atoms with Crippen LogP contribution in [-0.4, -0.2) is 4.92 Å². The minimum Gasteiger partial charge on any atom is -0.390 e. The Bertz CT molecular complexity index is 296. The molecule has 0 N–H and O–H groups in total. The van der Waals surface area contributed by atoms with Crippen molar-refractivity contribution in [2.45, 2.75) is 0 Å². The van der Waals surface area contributed by atoms with Gasteiger partial charge in [-0.1, -0.05) is 0 Å². The zero-order valence-electron chi connectivity index (χ0n) is 4.77. The van der Waals surface area contributed by atoms with E-state index in [1.165, 1.54) is 6.07 Å². The highest BCUT2D eigenvalue weighted by atomic mass is 16.6. The van der Waals surface area contributed by atoms with E-state index in [1.807, 2.05) is 0 Å². The highest BCUT2D eigenvalue weighted by molar-refractivity contribution is 5.25. The molecule has 1 aromatic rings. The van der Waals surface area contributed by atoms with Crippen molar-refractivity contribution in [3.63, 3.8) is 0 Å². The first kappa shape index (κ1) is 6.29. The lowest BCUT2D eigenvalue weighted by molar-refractivity contribution is -0.402. The molecule has 0 bridgehead atoms. The predicted octanol–water partition coefficient (Wildman–Crippen LogP) is 1.06. The predicted molar refractivity (Wildman–Crippen MR) is 30.1 cm³/mol. The Hall–Kier alpha value is -1.83. The van der Waals surface area contributed by atoms with Crippen LogP contribution in [0.15, 0.2) is 16.5 Å². The van der Waals surface area contributed by atoms with Gasteiger partial charge in [-0.05, 0) is 0 Å². The summed E-state index contributed by atoms with van der Waals surface area (Å²) in [6.45, 7) is 0. The summed E-state index contributed by atoms with van der Waals surface area (Å²) in [5.74, 6) is -0.455. The first-order valence-electron chi connectivity index (χ1n) is 2.38. The molecule has 1 heterocycles. The van der Waals surface area contributed by atoms with E-state index in [4.69, 9.17) is 5.26 Å². The molecule has 5 nitrogen and oxygen atoms in total. The summed E-state index contributed by atoms with van der Waals surface area (Å²) in [7, 11) is 0. The van der Waals surface area contributed by atoms with E-state index >= 15 is 0 Å². The summed E-state index contributed by atoms with van der Waals surface area (Å²) in [4.78, 5) is 9.24. The van der Waals surface area contributed by atoms with Crippen LogP contribution in [0.5, 0.6) is 0 Å². The second-order valence-corrected chi connectivity index (χ2v) is 1.51. The second kappa shape index (κ2) is 2.19. The standard InChI is InChI=1S/C5H2N2O3/c6-3-4-1-2-5(10-4)7(8)9/h1-2H. The molecular weight excluding hydrogens is 136 g/mol. The molecule has 50 valence electrons. The maximum atomic E-state index is 9.93. The Morgan fingerprint density at radius 2 is 2.40 bits per heavy atom. The number of hydrogen-bond acceptors (Lipinski definition) is 4. The molecule has 0 amide bonds. The third kappa shape index (κ3) is 0.951. The number of rotatable bonds is 1. The number of nitrogens with zero attached hydrogens (tertiary/aromatic N) is 2. The van der Waals surface area contributed by atoms with Crippen molar-refractivity contribution in [1.29, 1.82) is 5.26 Å². The van der Waals surface area contributed by atoms with Crippen LogP contribution in [0.25, 0.3) is 0 Å². The summed E-state index contributed by atoms with van der Waals surface area (Å²) in [5.41, 5.74) is 0. The Kier molecular flexibility index (Phi) is 1.38. The Balaban J connectivity index is 3.02. The largest absolute Gasteiger partial charge is 0.434 e. The van der Waals surface area contributed by atoms with E-state index in [0.717, 1.165) is 6.07 Å². The van der Waals surface area contributed by atoms with Crippen LogP contribution in [0.2, 0.25) is 0 Å². The van der Waals surface area contributed by atoms with Crippen molar-refractivity contribution >= 4 is 5.88 Å². The van der Waals surface area contributed by atoms with Crippen LogP contribution >= 0.6 is 0 Å². The summed E-state index contributed by atoms with van der Waals surface area (Å²) in [6, 6.07) is 4.02. The number of nitriles is 1. The minimum absolute atomic E-state index is 0.0494. The van der Waals surface area contributed by atoms with Gasteiger partial charge in [0.25, 0.3) is 0 Å². The van der Waals surface area contributed by atoms with Gasteiger partial charge in [0.1, 0.15) is 11.0 Å². The Morgan fingerprint density at radius 1 is 1.70 bits per heavy atom. The Morgan fingerprint density at radius 3 is 2.70 bits per heavy atom. The van der Waals surface area contributed by atoms with Crippen molar-refractivity contribution in [1.82, 2.24) is 0 Å². The SMILES string of the molecule is N#Cc1ccc([N+](=O)[O-])o1. The van der Waals surface area contributed by atoms with Gasteiger partial charge in [-0.25, -0.2) is 0 Å². The lowest BCUT2D eigenvalue weighted by atomic mass is 10.5. The minimum atomic E-state index is -0.694. The first-order valence-corrected chi connectivity index (χ1v) is 2.38. The fourth-order valence-electron chi connectivity index (χ4n) is 0.486. The number of hydrogen-bond donors (Lipinski definition) is 0. The molecule has 0 unspecified atom stereocenters. The van der Waals surface area contributed by atoms with Crippen LogP contribution in [0.1, 0.15) is 5.76 Å². The van der Waals surface area contributed by atoms with E-state index in [2.05, 4.69) is 4.42 Å². The molecule has 0 spiro atoms. The first-order chi connectivity index (χ1) is 4.74. The monoisotopic (exact) mass is 138 g/mol. The summed E-state index contributed by atoms with van der Waals surface area (Å²) in [5, 5.41) is 18.1. The van der Waals surface area contributed by atoms with Crippen molar-refractivity contribution in [3.05, 3.63) is 28.0 Å². The van der Waals surface area contributed by atoms with Crippen molar-refractivity contribution in [2.24, 2.45) is 0 Å². The molecular formula is C5H2N2O3. The molecule has 10 heavy (non-hydrogen) atoms. The molecule has 0 fully saturated rings. The quantitative estimate of drug-likeness (QED) is 0.429. The summed E-state index contributed by atoms with van der Waals surface area (Å²) in [6.07, 6.45) is 0. The molecule has 0 saturated heterocycles. The van der Waals surface area contributed by atoms with Crippen LogP contribution in [0, 0.1) is 21.4 Å². The fourth-order valence-corrected chi connectivity index (χ4v) is 0.486.